The summed E-state index contributed by atoms with van der Waals surface area (Å²) in [4.78, 5) is 2.40. The molecule has 3 rings (SSSR count). The van der Waals surface area contributed by atoms with Crippen LogP contribution in [0.1, 0.15) is 48.2 Å². The van der Waals surface area contributed by atoms with Crippen LogP contribution in [-0.2, 0) is 36.2 Å². The Bertz CT molecular complexity index is 897. The van der Waals surface area contributed by atoms with Crippen LogP contribution in [0, 0.1) is 13.8 Å². The Morgan fingerprint density at radius 2 is 1.96 bits per heavy atom. The zero-order valence-corrected chi connectivity index (χ0v) is 17.0. The largest absolute Gasteiger partial charge is 0.291 e. The molecule has 2 aromatic rings. The molecule has 0 bridgehead atoms. The van der Waals surface area contributed by atoms with E-state index in [-0.39, 0.29) is 6.54 Å². The summed E-state index contributed by atoms with van der Waals surface area (Å²) in [6.45, 7) is 12.1. The molecule has 0 saturated carbocycles. The van der Waals surface area contributed by atoms with Crippen molar-refractivity contribution >= 4 is 10.0 Å². The van der Waals surface area contributed by atoms with Gasteiger partial charge < -0.3 is 0 Å². The summed E-state index contributed by atoms with van der Waals surface area (Å²) in [5.41, 5.74) is 5.49. The molecule has 26 heavy (non-hydrogen) atoms. The fraction of sp³-hybridized carbons (Fsp3) is 0.647. The molecule has 0 radical (unpaired) electrons. The van der Waals surface area contributed by atoms with Gasteiger partial charge in [-0.1, -0.05) is 0 Å². The molecule has 1 N–H and O–H groups in total. The number of hydrogen-bond acceptors (Lipinski definition) is 5. The zero-order valence-electron chi connectivity index (χ0n) is 16.2. The molecule has 3 heterocycles. The number of rotatable bonds is 6. The van der Waals surface area contributed by atoms with Crippen LogP contribution < -0.4 is 4.72 Å². The fourth-order valence-electron chi connectivity index (χ4n) is 3.46. The summed E-state index contributed by atoms with van der Waals surface area (Å²) in [7, 11) is -3.21. The Morgan fingerprint density at radius 1 is 1.23 bits per heavy atom. The van der Waals surface area contributed by atoms with Crippen molar-refractivity contribution in [2.75, 3.05) is 12.8 Å². The van der Waals surface area contributed by atoms with Gasteiger partial charge in [-0.15, -0.1) is 0 Å². The van der Waals surface area contributed by atoms with Gasteiger partial charge in [0.15, 0.2) is 0 Å². The highest BCUT2D eigenvalue weighted by Gasteiger charge is 2.22. The van der Waals surface area contributed by atoms with Crippen LogP contribution >= 0.6 is 0 Å². The number of fused-ring (bicyclic) bond motifs is 1. The first-order chi connectivity index (χ1) is 12.1. The van der Waals surface area contributed by atoms with E-state index in [1.165, 1.54) is 11.3 Å². The van der Waals surface area contributed by atoms with Crippen LogP contribution in [0.3, 0.4) is 0 Å². The van der Waals surface area contributed by atoms with E-state index in [4.69, 9.17) is 0 Å². The minimum atomic E-state index is -3.21. The van der Waals surface area contributed by atoms with E-state index >= 15 is 0 Å². The van der Waals surface area contributed by atoms with Gasteiger partial charge in [-0.25, -0.2) is 13.1 Å². The molecule has 144 valence electrons. The first kappa shape index (κ1) is 19.1. The van der Waals surface area contributed by atoms with E-state index in [0.717, 1.165) is 49.5 Å². The van der Waals surface area contributed by atoms with Gasteiger partial charge in [0, 0.05) is 36.9 Å². The number of aryl methyl sites for hydroxylation is 1. The first-order valence-corrected chi connectivity index (χ1v) is 10.8. The topological polar surface area (TPSA) is 85.1 Å². The van der Waals surface area contributed by atoms with Crippen LogP contribution in [-0.4, -0.2) is 45.7 Å². The Kier molecular flexibility index (Phi) is 5.23. The summed E-state index contributed by atoms with van der Waals surface area (Å²) in [5.74, 6) is 0. The summed E-state index contributed by atoms with van der Waals surface area (Å²) in [6.07, 6.45) is 1.16. The molecule has 2 aromatic heterocycles. The lowest BCUT2D eigenvalue weighted by Crippen LogP contribution is -2.33. The second-order valence-electron chi connectivity index (χ2n) is 7.34. The van der Waals surface area contributed by atoms with E-state index in [2.05, 4.69) is 52.2 Å². The van der Waals surface area contributed by atoms with Crippen LogP contribution in [0.25, 0.3) is 0 Å². The molecule has 0 unspecified atom stereocenters. The normalized spacial score (nSPS) is 15.6. The molecule has 1 aliphatic rings. The Balaban J connectivity index is 1.70. The van der Waals surface area contributed by atoms with E-state index in [0.29, 0.717) is 6.04 Å². The van der Waals surface area contributed by atoms with Crippen molar-refractivity contribution in [3.05, 3.63) is 34.4 Å². The third kappa shape index (κ3) is 4.16. The zero-order chi connectivity index (χ0) is 19.1. The number of aromatic nitrogens is 4. The van der Waals surface area contributed by atoms with E-state index < -0.39 is 10.0 Å². The number of hydrogen-bond donors (Lipinski definition) is 1. The van der Waals surface area contributed by atoms with Crippen molar-refractivity contribution in [1.82, 2.24) is 29.2 Å². The van der Waals surface area contributed by atoms with Gasteiger partial charge in [0.05, 0.1) is 36.4 Å². The lowest BCUT2D eigenvalue weighted by Gasteiger charge is -2.27. The third-order valence-corrected chi connectivity index (χ3v) is 5.46. The Hall–Kier alpha value is -1.71. The molecular formula is C17H28N6O2S. The maximum Gasteiger partial charge on any atom is 0.209 e. The van der Waals surface area contributed by atoms with Crippen LogP contribution in [0.5, 0.6) is 0 Å². The molecule has 0 aromatic carbocycles. The molecule has 0 amide bonds. The standard InChI is InChI=1S/C17H28N6O2S/c1-12(2)23-14(4)17(13(3)19-23)11-21-6-7-22-16(10-21)8-15(20-22)9-18-26(5,24)25/h8,12,18H,6-7,9-11H2,1-5H3. The molecule has 0 aliphatic carbocycles. The van der Waals surface area contributed by atoms with Crippen molar-refractivity contribution in [2.45, 2.75) is 59.9 Å². The summed E-state index contributed by atoms with van der Waals surface area (Å²) < 4.78 is 29.1. The van der Waals surface area contributed by atoms with Gasteiger partial charge in [-0.05, 0) is 33.8 Å². The molecule has 1 aliphatic heterocycles. The van der Waals surface area contributed by atoms with Crippen molar-refractivity contribution < 1.29 is 8.42 Å². The number of sulfonamides is 1. The van der Waals surface area contributed by atoms with E-state index in [9.17, 15) is 8.42 Å². The molecule has 0 fully saturated rings. The van der Waals surface area contributed by atoms with Crippen LogP contribution in [0.4, 0.5) is 0 Å². The predicted octanol–water partition coefficient (Wildman–Crippen LogP) is 1.34. The van der Waals surface area contributed by atoms with E-state index in [1.807, 2.05) is 10.7 Å². The van der Waals surface area contributed by atoms with Gasteiger partial charge in [-0.3, -0.25) is 14.3 Å². The van der Waals surface area contributed by atoms with Crippen LogP contribution in [0.2, 0.25) is 0 Å². The van der Waals surface area contributed by atoms with Crippen molar-refractivity contribution in [3.63, 3.8) is 0 Å². The van der Waals surface area contributed by atoms with Crippen molar-refractivity contribution in [3.8, 4) is 0 Å². The highest BCUT2D eigenvalue weighted by molar-refractivity contribution is 7.88. The van der Waals surface area contributed by atoms with Gasteiger partial charge in [0.2, 0.25) is 10.0 Å². The highest BCUT2D eigenvalue weighted by atomic mass is 32.2. The summed E-state index contributed by atoms with van der Waals surface area (Å²) in [6, 6.07) is 2.34. The van der Waals surface area contributed by atoms with Gasteiger partial charge >= 0.3 is 0 Å². The van der Waals surface area contributed by atoms with E-state index in [1.54, 1.807) is 0 Å². The lowest BCUT2D eigenvalue weighted by molar-refractivity contribution is 0.204. The molecule has 8 nitrogen and oxygen atoms in total. The third-order valence-electron chi connectivity index (χ3n) is 4.79. The summed E-state index contributed by atoms with van der Waals surface area (Å²) in [5, 5.41) is 9.18. The number of nitrogens with one attached hydrogen (secondary N) is 1. The second kappa shape index (κ2) is 7.13. The quantitative estimate of drug-likeness (QED) is 0.817. The Labute approximate surface area is 155 Å². The van der Waals surface area contributed by atoms with Crippen LogP contribution in [0.15, 0.2) is 6.07 Å². The fourth-order valence-corrected chi connectivity index (χ4v) is 3.87. The van der Waals surface area contributed by atoms with Gasteiger partial charge in [-0.2, -0.15) is 10.2 Å². The molecule has 0 atom stereocenters. The monoisotopic (exact) mass is 380 g/mol. The minimum Gasteiger partial charge on any atom is -0.291 e. The number of nitrogens with zero attached hydrogens (tertiary/aromatic N) is 5. The summed E-state index contributed by atoms with van der Waals surface area (Å²) >= 11 is 0. The average Bonchev–Trinajstić information content (AvgIpc) is 3.07. The minimum absolute atomic E-state index is 0.234. The average molecular weight is 381 g/mol. The highest BCUT2D eigenvalue weighted by Crippen LogP contribution is 2.22. The smallest absolute Gasteiger partial charge is 0.209 e. The van der Waals surface area contributed by atoms with Crippen molar-refractivity contribution in [2.24, 2.45) is 0 Å². The maximum absolute atomic E-state index is 11.3. The molecule has 9 heteroatoms. The first-order valence-electron chi connectivity index (χ1n) is 8.91. The van der Waals surface area contributed by atoms with Gasteiger partial charge in [0.25, 0.3) is 0 Å². The molecular weight excluding hydrogens is 352 g/mol. The van der Waals surface area contributed by atoms with Crippen molar-refractivity contribution in [1.29, 1.82) is 0 Å². The molecule has 0 spiro atoms. The Morgan fingerprint density at radius 3 is 2.58 bits per heavy atom. The predicted molar refractivity (Wildman–Crippen MR) is 100 cm³/mol. The van der Waals surface area contributed by atoms with Gasteiger partial charge in [0.1, 0.15) is 0 Å². The molecule has 0 saturated heterocycles. The maximum atomic E-state index is 11.3. The SMILES string of the molecule is Cc1nn(C(C)C)c(C)c1CN1CCn2nc(CNS(C)(=O)=O)cc2C1. The second-order valence-corrected chi connectivity index (χ2v) is 9.17. The lowest BCUT2D eigenvalue weighted by atomic mass is 10.1.